The first-order chi connectivity index (χ1) is 32.6. The molecule has 4 aromatic rings. The number of nitrogens with zero attached hydrogens (tertiary/aromatic N) is 3. The van der Waals surface area contributed by atoms with E-state index in [0.717, 1.165) is 35.2 Å². The molecule has 12 nitrogen and oxygen atoms in total. The van der Waals surface area contributed by atoms with Crippen molar-refractivity contribution in [1.82, 2.24) is 20.4 Å². The first kappa shape index (κ1) is 45.8. The van der Waals surface area contributed by atoms with Crippen LogP contribution in [0.5, 0.6) is 5.75 Å². The fourth-order valence-electron chi connectivity index (χ4n) is 11.6. The first-order valence-corrected chi connectivity index (χ1v) is 24.2. The van der Waals surface area contributed by atoms with Gasteiger partial charge in [-0.25, -0.2) is 4.39 Å². The topological polar surface area (TPSA) is 140 Å². The monoisotopic (exact) mass is 958 g/mol. The van der Waals surface area contributed by atoms with Crippen LogP contribution in [-0.4, -0.2) is 90.2 Å². The number of ether oxygens (including phenoxy) is 1. The number of anilines is 2. The fourth-order valence-corrected chi connectivity index (χ4v) is 12.0. The number of carbonyl (C=O) groups excluding carboxylic acids is 5. The third-order valence-corrected chi connectivity index (χ3v) is 15.2. The van der Waals surface area contributed by atoms with Gasteiger partial charge in [0.2, 0.25) is 17.7 Å². The van der Waals surface area contributed by atoms with Crippen molar-refractivity contribution < 1.29 is 33.1 Å². The maximum absolute atomic E-state index is 16.5. The van der Waals surface area contributed by atoms with Gasteiger partial charge in [0.25, 0.3) is 11.8 Å². The predicted molar refractivity (Wildman–Crippen MR) is 257 cm³/mol. The van der Waals surface area contributed by atoms with Gasteiger partial charge in [-0.05, 0) is 102 Å². The Morgan fingerprint density at radius 3 is 2.62 bits per heavy atom. The zero-order valence-electron chi connectivity index (χ0n) is 38.2. The van der Waals surface area contributed by atoms with E-state index in [1.807, 2.05) is 29.2 Å². The SMILES string of the molecule is CC(C)(C)C[C@@H]1N[C@@H](C(=O)N2CCOc3cc(C(=O)N4CCC[C@@H](CC#Cc5cccc6c5CN([C@H]5CCC(=O)NC5=O)C6=O)C4)ccc32)[C@H](c2cccc(Cl)c2F)[C@]12CNc1cc(Cl)ccc12. The van der Waals surface area contributed by atoms with Crippen LogP contribution in [0, 0.1) is 29.0 Å². The van der Waals surface area contributed by atoms with Crippen LogP contribution in [0.3, 0.4) is 0 Å². The third kappa shape index (κ3) is 8.18. The number of nitrogens with one attached hydrogen (secondary N) is 3. The molecule has 0 unspecified atom stereocenters. The van der Waals surface area contributed by atoms with Crippen molar-refractivity contribution in [3.05, 3.63) is 122 Å². The lowest BCUT2D eigenvalue weighted by atomic mass is 9.63. The van der Waals surface area contributed by atoms with Gasteiger partial charge in [-0.1, -0.05) is 80.1 Å². The lowest BCUT2D eigenvalue weighted by Crippen LogP contribution is -2.52. The Labute approximate surface area is 405 Å². The molecule has 352 valence electrons. The highest BCUT2D eigenvalue weighted by Gasteiger charge is 2.62. The molecule has 6 atom stereocenters. The number of halogens is 3. The molecule has 3 N–H and O–H groups in total. The Bertz CT molecular complexity index is 2840. The van der Waals surface area contributed by atoms with E-state index in [4.69, 9.17) is 27.9 Å². The second-order valence-electron chi connectivity index (χ2n) is 20.2. The molecule has 4 aromatic carbocycles. The van der Waals surface area contributed by atoms with Crippen molar-refractivity contribution in [3.8, 4) is 17.6 Å². The molecule has 6 heterocycles. The van der Waals surface area contributed by atoms with Crippen LogP contribution in [0.15, 0.2) is 72.8 Å². The van der Waals surface area contributed by atoms with Crippen LogP contribution in [-0.2, 0) is 26.3 Å². The van der Waals surface area contributed by atoms with Crippen molar-refractivity contribution in [2.75, 3.05) is 43.0 Å². The van der Waals surface area contributed by atoms with E-state index < -0.39 is 35.1 Å². The Hall–Kier alpha value is -5.94. The summed E-state index contributed by atoms with van der Waals surface area (Å²) in [6, 6.07) is 19.6. The number of benzene rings is 4. The van der Waals surface area contributed by atoms with Crippen molar-refractivity contribution in [2.45, 2.75) is 95.3 Å². The highest BCUT2D eigenvalue weighted by Crippen LogP contribution is 2.57. The van der Waals surface area contributed by atoms with Crippen LogP contribution in [0.4, 0.5) is 15.8 Å². The molecule has 1 spiro atoms. The van der Waals surface area contributed by atoms with Gasteiger partial charge in [-0.15, -0.1) is 0 Å². The molecule has 0 saturated carbocycles. The molecule has 6 aliphatic rings. The standard InChI is InChI=1S/C53H53Cl2FN6O6/c1-52(2,3)26-43-53(29-57-39-25-33(54)16-17-37(39)53)45(35-13-6-14-38(55)46(35)56)47(58-43)51(67)61-22-23-68-42-24-32(15-18-40(42)61)49(65)60-21-7-9-30(27-60)8-4-10-31-11-5-12-34-36(31)28-62(50(34)66)41-19-20-44(63)59-48(41)64/h5-6,11-18,24-25,30,41,43,45,47,57-58H,7-9,19-23,26-29H2,1-3H3,(H,59,63,64)/t30-,41+,43+,45+,47-,53+/m1/s1. The summed E-state index contributed by atoms with van der Waals surface area (Å²) in [6.07, 6.45) is 3.43. The van der Waals surface area contributed by atoms with E-state index >= 15 is 9.18 Å². The average molecular weight is 960 g/mol. The Balaban J connectivity index is 0.869. The summed E-state index contributed by atoms with van der Waals surface area (Å²) in [7, 11) is 0. The molecule has 10 rings (SSSR count). The van der Waals surface area contributed by atoms with Gasteiger partial charge in [0.05, 0.1) is 23.3 Å². The number of hydrogen-bond acceptors (Lipinski definition) is 8. The Morgan fingerprint density at radius 2 is 1.81 bits per heavy atom. The van der Waals surface area contributed by atoms with Crippen molar-refractivity contribution in [3.63, 3.8) is 0 Å². The minimum Gasteiger partial charge on any atom is -0.490 e. The minimum absolute atomic E-state index is 0.0114. The Morgan fingerprint density at radius 1 is 0.985 bits per heavy atom. The van der Waals surface area contributed by atoms with E-state index in [2.05, 4.69) is 48.6 Å². The number of imide groups is 1. The van der Waals surface area contributed by atoms with E-state index in [1.165, 1.54) is 11.0 Å². The maximum atomic E-state index is 16.5. The van der Waals surface area contributed by atoms with E-state index in [1.54, 1.807) is 47.4 Å². The number of amides is 5. The van der Waals surface area contributed by atoms with E-state index in [-0.39, 0.29) is 78.6 Å². The summed E-state index contributed by atoms with van der Waals surface area (Å²) in [6.45, 7) is 8.76. The molecule has 3 fully saturated rings. The summed E-state index contributed by atoms with van der Waals surface area (Å²) in [4.78, 5) is 72.2. The van der Waals surface area contributed by atoms with Gasteiger partial charge in [-0.2, -0.15) is 0 Å². The van der Waals surface area contributed by atoms with Crippen LogP contribution in [0.2, 0.25) is 10.0 Å². The normalized spacial score (nSPS) is 25.2. The van der Waals surface area contributed by atoms with Gasteiger partial charge in [0.15, 0.2) is 0 Å². The highest BCUT2D eigenvalue weighted by atomic mass is 35.5. The summed E-state index contributed by atoms with van der Waals surface area (Å²) < 4.78 is 22.6. The van der Waals surface area contributed by atoms with Crippen molar-refractivity contribution >= 4 is 64.1 Å². The summed E-state index contributed by atoms with van der Waals surface area (Å²) in [5.41, 5.74) is 4.30. The second-order valence-corrected chi connectivity index (χ2v) is 21.0. The molecule has 5 amide bonds. The van der Waals surface area contributed by atoms with Gasteiger partial charge in [0.1, 0.15) is 24.2 Å². The summed E-state index contributed by atoms with van der Waals surface area (Å²) >= 11 is 13.0. The molecule has 0 aliphatic carbocycles. The molecular formula is C53H53Cl2FN6O6. The predicted octanol–water partition coefficient (Wildman–Crippen LogP) is 7.84. The molecule has 3 saturated heterocycles. The van der Waals surface area contributed by atoms with Gasteiger partial charge in [-0.3, -0.25) is 29.3 Å². The van der Waals surface area contributed by atoms with Gasteiger partial charge >= 0.3 is 0 Å². The maximum Gasteiger partial charge on any atom is 0.255 e. The second kappa shape index (κ2) is 17.9. The van der Waals surface area contributed by atoms with Gasteiger partial charge in [0, 0.05) is 83.8 Å². The summed E-state index contributed by atoms with van der Waals surface area (Å²) in [5, 5.41) is 10.2. The zero-order chi connectivity index (χ0) is 47.6. The van der Waals surface area contributed by atoms with Crippen LogP contribution in [0.1, 0.15) is 108 Å². The largest absolute Gasteiger partial charge is 0.490 e. The lowest BCUT2D eigenvalue weighted by Gasteiger charge is -2.40. The zero-order valence-corrected chi connectivity index (χ0v) is 39.7. The molecule has 0 bridgehead atoms. The third-order valence-electron chi connectivity index (χ3n) is 14.7. The molecule has 6 aliphatic heterocycles. The van der Waals surface area contributed by atoms with Crippen molar-refractivity contribution in [1.29, 1.82) is 0 Å². The minimum atomic E-state index is -0.850. The molecule has 68 heavy (non-hydrogen) atoms. The average Bonchev–Trinajstić information content (AvgIpc) is 3.96. The number of piperidine rings is 2. The number of hydrogen-bond donors (Lipinski definition) is 3. The van der Waals surface area contributed by atoms with Crippen molar-refractivity contribution in [2.24, 2.45) is 11.3 Å². The molecule has 0 radical (unpaired) electrons. The van der Waals surface area contributed by atoms with E-state index in [0.29, 0.717) is 65.6 Å². The molecule has 0 aromatic heterocycles. The van der Waals surface area contributed by atoms with Gasteiger partial charge < -0.3 is 30.1 Å². The number of fused-ring (bicyclic) bond motifs is 4. The quantitative estimate of drug-likeness (QED) is 0.131. The fraction of sp³-hybridized carbons (Fsp3) is 0.415. The van der Waals surface area contributed by atoms with E-state index in [9.17, 15) is 19.2 Å². The molecular weight excluding hydrogens is 907 g/mol. The number of rotatable bonds is 6. The highest BCUT2D eigenvalue weighted by molar-refractivity contribution is 6.31. The lowest BCUT2D eigenvalue weighted by molar-refractivity contribution is -0.137. The summed E-state index contributed by atoms with van der Waals surface area (Å²) in [5.74, 6) is 4.54. The number of carbonyl (C=O) groups is 5. The Kier molecular flexibility index (Phi) is 12.0. The van der Waals surface area contributed by atoms with Crippen LogP contribution >= 0.6 is 23.2 Å². The molecule has 15 heteroatoms. The smallest absolute Gasteiger partial charge is 0.255 e. The number of likely N-dealkylation sites (tertiary alicyclic amines) is 1. The van der Waals surface area contributed by atoms with Crippen LogP contribution < -0.4 is 25.6 Å². The van der Waals surface area contributed by atoms with Crippen LogP contribution in [0.25, 0.3) is 0 Å². The first-order valence-electron chi connectivity index (χ1n) is 23.5.